The zero-order valence-corrected chi connectivity index (χ0v) is 7.24. The van der Waals surface area contributed by atoms with Gasteiger partial charge in [0.25, 0.3) is 0 Å². The van der Waals surface area contributed by atoms with Crippen LogP contribution in [0.4, 0.5) is 0 Å². The van der Waals surface area contributed by atoms with Crippen LogP contribution in [0.25, 0.3) is 0 Å². The minimum atomic E-state index is 1.03. The fourth-order valence-corrected chi connectivity index (χ4v) is 6.35. The largest absolute Gasteiger partial charge is 0.0993 e. The molecule has 0 saturated heterocycles. The highest BCUT2D eigenvalue weighted by Crippen LogP contribution is 2.84. The van der Waals surface area contributed by atoms with Crippen molar-refractivity contribution in [2.45, 2.75) is 12.8 Å². The third kappa shape index (κ3) is 0.278. The molecule has 0 aromatic rings. The van der Waals surface area contributed by atoms with Gasteiger partial charge in [0.2, 0.25) is 0 Å². The van der Waals surface area contributed by atoms with E-state index in [0.29, 0.717) is 0 Å². The molecular weight excluding hydrogens is 144 g/mol. The molecule has 5 rings (SSSR count). The maximum absolute atomic E-state index is 4.37. The second-order valence-corrected chi connectivity index (χ2v) is 5.91. The molecule has 5 aliphatic rings. The maximum Gasteiger partial charge on any atom is -0.0138 e. The average molecular weight is 158 g/mol. The summed E-state index contributed by atoms with van der Waals surface area (Å²) in [4.78, 5) is 0. The van der Waals surface area contributed by atoms with Gasteiger partial charge in [-0.1, -0.05) is 12.2 Å². The van der Waals surface area contributed by atoms with Gasteiger partial charge in [-0.3, -0.25) is 0 Å². The molecule has 5 fully saturated rings. The van der Waals surface area contributed by atoms with Gasteiger partial charge in [-0.25, -0.2) is 0 Å². The van der Waals surface area contributed by atoms with E-state index in [1.165, 1.54) is 11.8 Å². The van der Waals surface area contributed by atoms with Gasteiger partial charge in [0.15, 0.2) is 0 Å². The van der Waals surface area contributed by atoms with Crippen molar-refractivity contribution in [2.75, 3.05) is 0 Å². The first-order valence-electron chi connectivity index (χ1n) is 5.56. The van der Waals surface area contributed by atoms with Crippen molar-refractivity contribution < 1.29 is 0 Å². The summed E-state index contributed by atoms with van der Waals surface area (Å²) in [5, 5.41) is 0. The van der Waals surface area contributed by atoms with Crippen LogP contribution in [0.2, 0.25) is 0 Å². The van der Waals surface area contributed by atoms with Crippen molar-refractivity contribution in [3.63, 3.8) is 0 Å². The van der Waals surface area contributed by atoms with Gasteiger partial charge in [-0.05, 0) is 60.2 Å². The number of allylic oxidation sites excluding steroid dienone is 1. The summed E-state index contributed by atoms with van der Waals surface area (Å²) >= 11 is 0. The average Bonchev–Trinajstić information content (AvgIpc) is 2.47. The molecule has 0 spiro atoms. The summed E-state index contributed by atoms with van der Waals surface area (Å²) in [6, 6.07) is 0. The molecule has 0 nitrogen and oxygen atoms in total. The zero-order chi connectivity index (χ0) is 7.61. The van der Waals surface area contributed by atoms with Gasteiger partial charge in [0.05, 0.1) is 0 Å². The molecule has 0 radical (unpaired) electrons. The minimum Gasteiger partial charge on any atom is -0.0993 e. The number of hydrogen-bond acceptors (Lipinski definition) is 0. The van der Waals surface area contributed by atoms with Gasteiger partial charge >= 0.3 is 0 Å². The Kier molecular flexibility index (Phi) is 0.562. The summed E-state index contributed by atoms with van der Waals surface area (Å²) in [7, 11) is 0. The van der Waals surface area contributed by atoms with Crippen LogP contribution in [0.3, 0.4) is 0 Å². The van der Waals surface area contributed by atoms with Crippen molar-refractivity contribution in [3.8, 4) is 0 Å². The van der Waals surface area contributed by atoms with Gasteiger partial charge in [-0.2, -0.15) is 0 Å². The second kappa shape index (κ2) is 1.23. The molecule has 8 atom stereocenters. The van der Waals surface area contributed by atoms with Crippen LogP contribution in [0.5, 0.6) is 0 Å². The van der Waals surface area contributed by atoms with Crippen molar-refractivity contribution in [1.82, 2.24) is 0 Å². The Morgan fingerprint density at radius 3 is 2.50 bits per heavy atom. The first-order chi connectivity index (χ1) is 5.88. The van der Waals surface area contributed by atoms with Gasteiger partial charge in [0, 0.05) is 0 Å². The third-order valence-electron chi connectivity index (χ3n) is 6.22. The van der Waals surface area contributed by atoms with Crippen LogP contribution < -0.4 is 0 Å². The highest BCUT2D eigenvalue weighted by atomic mass is 14.8. The van der Waals surface area contributed by atoms with Crippen LogP contribution in [0.15, 0.2) is 12.2 Å². The molecule has 8 unspecified atom stereocenters. The van der Waals surface area contributed by atoms with Crippen LogP contribution in [-0.4, -0.2) is 0 Å². The smallest absolute Gasteiger partial charge is 0.0138 e. The zero-order valence-electron chi connectivity index (χ0n) is 7.24. The standard InChI is InChI=1S/C12H14/c1-4-9-5-2-8-10(4)12-7(9)3-6(5)11(8)12/h5-12H,1-3H2. The predicted octanol–water partition coefficient (Wildman–Crippen LogP) is 2.32. The van der Waals surface area contributed by atoms with Crippen LogP contribution in [-0.2, 0) is 0 Å². The lowest BCUT2D eigenvalue weighted by atomic mass is 9.59. The molecule has 0 N–H and O–H groups in total. The van der Waals surface area contributed by atoms with E-state index in [-0.39, 0.29) is 0 Å². The SMILES string of the molecule is C=C1C2C3CC4C1C1C2CC3C41. The lowest BCUT2D eigenvalue weighted by molar-refractivity contribution is 0.0413. The Bertz CT molecular complexity index is 310. The van der Waals surface area contributed by atoms with Gasteiger partial charge < -0.3 is 0 Å². The van der Waals surface area contributed by atoms with E-state index in [1.54, 1.807) is 18.4 Å². The van der Waals surface area contributed by atoms with Gasteiger partial charge in [0.1, 0.15) is 0 Å². The van der Waals surface area contributed by atoms with E-state index in [9.17, 15) is 0 Å². The van der Waals surface area contributed by atoms with Crippen molar-refractivity contribution in [1.29, 1.82) is 0 Å². The third-order valence-corrected chi connectivity index (χ3v) is 6.22. The molecule has 2 bridgehead atoms. The van der Waals surface area contributed by atoms with E-state index in [0.717, 1.165) is 35.5 Å². The maximum atomic E-state index is 4.37. The van der Waals surface area contributed by atoms with Gasteiger partial charge in [-0.15, -0.1) is 0 Å². The summed E-state index contributed by atoms with van der Waals surface area (Å²) in [5.41, 5.74) is 1.71. The number of rotatable bonds is 0. The molecule has 5 aliphatic carbocycles. The van der Waals surface area contributed by atoms with Crippen molar-refractivity contribution in [3.05, 3.63) is 12.2 Å². The molecule has 0 aliphatic heterocycles. The minimum absolute atomic E-state index is 1.03. The lowest BCUT2D eigenvalue weighted by Gasteiger charge is -2.45. The van der Waals surface area contributed by atoms with Crippen LogP contribution in [0.1, 0.15) is 12.8 Å². The van der Waals surface area contributed by atoms with Crippen molar-refractivity contribution >= 4 is 0 Å². The highest BCUT2D eigenvalue weighted by molar-refractivity contribution is 5.38. The molecule has 0 heteroatoms. The summed E-state index contributed by atoms with van der Waals surface area (Å²) in [6.45, 7) is 4.37. The van der Waals surface area contributed by atoms with Crippen molar-refractivity contribution in [2.24, 2.45) is 47.3 Å². The topological polar surface area (TPSA) is 0 Å². The van der Waals surface area contributed by atoms with E-state index in [1.807, 2.05) is 0 Å². The Hall–Kier alpha value is -0.260. The first-order valence-corrected chi connectivity index (χ1v) is 5.56. The Labute approximate surface area is 73.0 Å². The Balaban J connectivity index is 1.91. The number of hydrogen-bond donors (Lipinski definition) is 0. The summed E-state index contributed by atoms with van der Waals surface area (Å²) < 4.78 is 0. The quantitative estimate of drug-likeness (QED) is 0.475. The Morgan fingerprint density at radius 1 is 0.833 bits per heavy atom. The van der Waals surface area contributed by atoms with E-state index in [4.69, 9.17) is 0 Å². The molecule has 0 heterocycles. The highest BCUT2D eigenvalue weighted by Gasteiger charge is 2.78. The fourth-order valence-electron chi connectivity index (χ4n) is 6.35. The normalized spacial score (nSPS) is 79.2. The molecule has 62 valence electrons. The molecule has 12 heavy (non-hydrogen) atoms. The molecular formula is C12H14. The summed E-state index contributed by atoms with van der Waals surface area (Å²) in [6.07, 6.45) is 3.22. The molecule has 0 amide bonds. The lowest BCUT2D eigenvalue weighted by Crippen LogP contribution is -2.41. The van der Waals surface area contributed by atoms with Crippen LogP contribution in [0, 0.1) is 47.3 Å². The monoisotopic (exact) mass is 158 g/mol. The van der Waals surface area contributed by atoms with E-state index in [2.05, 4.69) is 6.58 Å². The van der Waals surface area contributed by atoms with Crippen LogP contribution >= 0.6 is 0 Å². The molecule has 5 saturated carbocycles. The Morgan fingerprint density at radius 2 is 1.58 bits per heavy atom. The summed E-state index contributed by atoms with van der Waals surface area (Å²) in [5.74, 6) is 9.03. The fraction of sp³-hybridized carbons (Fsp3) is 0.833. The second-order valence-electron chi connectivity index (χ2n) is 5.91. The first kappa shape index (κ1) is 5.47. The van der Waals surface area contributed by atoms with E-state index >= 15 is 0 Å². The predicted molar refractivity (Wildman–Crippen MR) is 46.3 cm³/mol. The number of fused-ring (bicyclic) bond motifs is 2. The van der Waals surface area contributed by atoms with E-state index < -0.39 is 0 Å². The molecule has 0 aromatic carbocycles. The molecule has 0 aromatic heterocycles.